The van der Waals surface area contributed by atoms with Crippen molar-refractivity contribution in [2.45, 2.75) is 24.3 Å². The van der Waals surface area contributed by atoms with Crippen LogP contribution >= 0.6 is 0 Å². The molecule has 0 radical (unpaired) electrons. The number of rotatable bonds is 1. The molecule has 45 heavy (non-hydrogen) atoms. The van der Waals surface area contributed by atoms with Crippen molar-refractivity contribution in [1.29, 1.82) is 0 Å². The van der Waals surface area contributed by atoms with Crippen molar-refractivity contribution in [3.8, 4) is 5.69 Å². The van der Waals surface area contributed by atoms with Gasteiger partial charge in [0.25, 0.3) is 0 Å². The zero-order chi connectivity index (χ0) is 29.0. The summed E-state index contributed by atoms with van der Waals surface area (Å²) in [5.74, 6) is 0.668. The van der Waals surface area contributed by atoms with Gasteiger partial charge in [-0.1, -0.05) is 91.0 Å². The van der Waals surface area contributed by atoms with Crippen LogP contribution in [0.15, 0.2) is 115 Å². The Balaban J connectivity index is 1.21. The Kier molecular flexibility index (Phi) is 3.95. The van der Waals surface area contributed by atoms with Crippen molar-refractivity contribution in [3.63, 3.8) is 0 Å². The smallest absolute Gasteiger partial charge is 0.0637 e. The maximum Gasteiger partial charge on any atom is 0.0637 e. The lowest BCUT2D eigenvalue weighted by Crippen LogP contribution is -2.38. The Morgan fingerprint density at radius 1 is 0.622 bits per heavy atom. The van der Waals surface area contributed by atoms with Gasteiger partial charge in [-0.2, -0.15) is 0 Å². The Morgan fingerprint density at radius 3 is 2.40 bits per heavy atom. The van der Waals surface area contributed by atoms with Crippen LogP contribution in [0.1, 0.15) is 40.6 Å². The molecule has 3 nitrogen and oxygen atoms in total. The quantitative estimate of drug-likeness (QED) is 0.192. The third-order valence-electron chi connectivity index (χ3n) is 11.2. The fourth-order valence-electron chi connectivity index (χ4n) is 9.53. The van der Waals surface area contributed by atoms with Crippen LogP contribution in [0.25, 0.3) is 62.0 Å². The summed E-state index contributed by atoms with van der Waals surface area (Å²) in [5, 5.41) is 8.08. The van der Waals surface area contributed by atoms with E-state index < -0.39 is 0 Å². The van der Waals surface area contributed by atoms with Gasteiger partial charge < -0.3 is 13.9 Å². The third kappa shape index (κ3) is 2.59. The highest BCUT2D eigenvalue weighted by molar-refractivity contribution is 6.15. The van der Waals surface area contributed by atoms with Gasteiger partial charge in [0.1, 0.15) is 0 Å². The second kappa shape index (κ2) is 7.75. The number of para-hydroxylation sites is 4. The second-order valence-corrected chi connectivity index (χ2v) is 13.2. The van der Waals surface area contributed by atoms with Crippen molar-refractivity contribution in [1.82, 2.24) is 8.97 Å². The molecule has 0 spiro atoms. The van der Waals surface area contributed by atoms with Crippen LogP contribution in [0.2, 0.25) is 0 Å². The zero-order valence-corrected chi connectivity index (χ0v) is 24.5. The topological polar surface area (TPSA) is 12.6 Å². The minimum atomic E-state index is 0.198. The van der Waals surface area contributed by atoms with Gasteiger partial charge in [-0.15, -0.1) is 0 Å². The standard InChI is InChI=1S/C42H27N3/c1-2-10-24(11-3-1)43-37-20-31-29-16-8-14-27-25-12-4-6-18-35(25)44(41(27)29)39(31)22-33(37)34-23-40-32(21-38(34)43)30-17-9-15-28-26-13-5-7-19-36(26)45(40)42(28)30/h1-14,16-23,28,33,37H,15H2. The van der Waals surface area contributed by atoms with Gasteiger partial charge in [0.2, 0.25) is 0 Å². The van der Waals surface area contributed by atoms with Crippen molar-refractivity contribution in [2.75, 3.05) is 4.90 Å². The lowest BCUT2D eigenvalue weighted by atomic mass is 9.87. The number of allylic oxidation sites excluding steroid dienone is 1. The Labute approximate surface area is 259 Å². The number of fused-ring (bicyclic) bond motifs is 15. The molecular weight excluding hydrogens is 546 g/mol. The molecule has 0 amide bonds. The molecule has 8 aromatic rings. The average Bonchev–Trinajstić information content (AvgIpc) is 3.87. The van der Waals surface area contributed by atoms with E-state index in [0.29, 0.717) is 5.92 Å². The maximum atomic E-state index is 2.61. The van der Waals surface area contributed by atoms with Gasteiger partial charge in [-0.05, 0) is 60.0 Å². The number of hydrogen-bond donors (Lipinski definition) is 0. The molecule has 0 saturated carbocycles. The van der Waals surface area contributed by atoms with Gasteiger partial charge in [0.05, 0.1) is 27.9 Å². The molecule has 0 saturated heterocycles. The highest BCUT2D eigenvalue weighted by Gasteiger charge is 2.41. The molecule has 210 valence electrons. The number of hydrogen-bond acceptors (Lipinski definition) is 1. The molecule has 5 aromatic carbocycles. The van der Waals surface area contributed by atoms with E-state index in [2.05, 4.69) is 147 Å². The van der Waals surface area contributed by atoms with Crippen molar-refractivity contribution < 1.29 is 0 Å². The number of nitrogens with zero attached hydrogens (tertiary/aromatic N) is 3. The molecule has 5 heterocycles. The first-order valence-corrected chi connectivity index (χ1v) is 16.1. The van der Waals surface area contributed by atoms with Gasteiger partial charge in [-0.3, -0.25) is 0 Å². The van der Waals surface area contributed by atoms with E-state index >= 15 is 0 Å². The molecule has 2 aliphatic carbocycles. The second-order valence-electron chi connectivity index (χ2n) is 13.2. The SMILES string of the molecule is C1=Cc2c3n(c4cc5c(cc24)N(c2ccccc2)C2C=c4c(n6c7ccccc7c7cccc4c76)=CC52)-c2ccccc2C3C1. The minimum absolute atomic E-state index is 0.198. The van der Waals surface area contributed by atoms with Gasteiger partial charge in [-0.25, -0.2) is 0 Å². The van der Waals surface area contributed by atoms with Crippen LogP contribution in [0, 0.1) is 0 Å². The van der Waals surface area contributed by atoms with Crippen molar-refractivity contribution in [2.24, 2.45) is 0 Å². The van der Waals surface area contributed by atoms with E-state index in [4.69, 9.17) is 0 Å². The fourth-order valence-corrected chi connectivity index (χ4v) is 9.53. The minimum Gasteiger partial charge on any atom is -0.333 e. The van der Waals surface area contributed by atoms with Gasteiger partial charge in [0.15, 0.2) is 0 Å². The molecule has 12 rings (SSSR count). The summed E-state index contributed by atoms with van der Waals surface area (Å²) >= 11 is 0. The summed E-state index contributed by atoms with van der Waals surface area (Å²) < 4.78 is 5.12. The molecular formula is C42H27N3. The molecule has 3 unspecified atom stereocenters. The van der Waals surface area contributed by atoms with Crippen LogP contribution in [0.5, 0.6) is 0 Å². The molecule has 3 atom stereocenters. The zero-order valence-electron chi connectivity index (χ0n) is 24.5. The summed E-state index contributed by atoms with van der Waals surface area (Å²) in [5.41, 5.74) is 13.7. The number of benzene rings is 5. The fraction of sp³-hybridized carbons (Fsp3) is 0.0952. The Bertz CT molecular complexity index is 2760. The summed E-state index contributed by atoms with van der Waals surface area (Å²) in [6.45, 7) is 0. The van der Waals surface area contributed by atoms with E-state index in [1.807, 2.05) is 0 Å². The van der Waals surface area contributed by atoms with Crippen LogP contribution < -0.4 is 15.5 Å². The largest absolute Gasteiger partial charge is 0.333 e. The van der Waals surface area contributed by atoms with Crippen LogP contribution in [0.4, 0.5) is 11.4 Å². The molecule has 0 bridgehead atoms. The van der Waals surface area contributed by atoms with Crippen molar-refractivity contribution >= 4 is 67.7 Å². The van der Waals surface area contributed by atoms with Crippen LogP contribution in [-0.4, -0.2) is 15.0 Å². The van der Waals surface area contributed by atoms with E-state index in [1.54, 1.807) is 0 Å². The first-order valence-electron chi connectivity index (χ1n) is 16.1. The first-order chi connectivity index (χ1) is 22.3. The monoisotopic (exact) mass is 573 g/mol. The number of aromatic nitrogens is 2. The van der Waals surface area contributed by atoms with Crippen LogP contribution in [-0.2, 0) is 0 Å². The number of anilines is 2. The molecule has 2 aliphatic heterocycles. The molecule has 0 N–H and O–H groups in total. The van der Waals surface area contributed by atoms with Crippen LogP contribution in [0.3, 0.4) is 0 Å². The molecule has 0 fully saturated rings. The van der Waals surface area contributed by atoms with Crippen molar-refractivity contribution in [3.05, 3.63) is 148 Å². The summed E-state index contributed by atoms with van der Waals surface area (Å²) in [6.07, 6.45) is 11.0. The lowest BCUT2D eigenvalue weighted by molar-refractivity contribution is 0.798. The summed E-state index contributed by atoms with van der Waals surface area (Å²) in [6, 6.07) is 41.0. The first kappa shape index (κ1) is 22.9. The maximum absolute atomic E-state index is 2.61. The lowest BCUT2D eigenvalue weighted by Gasteiger charge is -2.28. The Morgan fingerprint density at radius 2 is 1.44 bits per heavy atom. The predicted octanol–water partition coefficient (Wildman–Crippen LogP) is 8.37. The van der Waals surface area contributed by atoms with E-state index in [-0.39, 0.29) is 12.0 Å². The van der Waals surface area contributed by atoms with E-state index in [9.17, 15) is 0 Å². The summed E-state index contributed by atoms with van der Waals surface area (Å²) in [4.78, 5) is 2.61. The predicted molar refractivity (Wildman–Crippen MR) is 186 cm³/mol. The molecule has 3 aromatic heterocycles. The highest BCUT2D eigenvalue weighted by Crippen LogP contribution is 2.54. The Hall–Kier alpha value is -5.54. The normalized spacial score (nSPS) is 20.4. The van der Waals surface area contributed by atoms with Gasteiger partial charge >= 0.3 is 0 Å². The van der Waals surface area contributed by atoms with E-state index in [1.165, 1.54) is 88.1 Å². The molecule has 4 aliphatic rings. The highest BCUT2D eigenvalue weighted by atomic mass is 15.2. The summed E-state index contributed by atoms with van der Waals surface area (Å²) in [7, 11) is 0. The average molecular weight is 574 g/mol. The van der Waals surface area contributed by atoms with Gasteiger partial charge in [0, 0.05) is 66.9 Å². The van der Waals surface area contributed by atoms with E-state index in [0.717, 1.165) is 6.42 Å². The molecule has 3 heteroatoms. The third-order valence-corrected chi connectivity index (χ3v) is 11.2.